The molecular formula is C19H23NO3. The molecule has 4 nitrogen and oxygen atoms in total. The minimum absolute atomic E-state index is 0.0119. The van der Waals surface area contributed by atoms with Crippen molar-refractivity contribution in [2.24, 2.45) is 0 Å². The van der Waals surface area contributed by atoms with E-state index in [2.05, 4.69) is 5.32 Å². The third-order valence-corrected chi connectivity index (χ3v) is 3.83. The zero-order valence-corrected chi connectivity index (χ0v) is 14.1. The van der Waals surface area contributed by atoms with Crippen LogP contribution >= 0.6 is 0 Å². The van der Waals surface area contributed by atoms with E-state index in [4.69, 9.17) is 9.47 Å². The van der Waals surface area contributed by atoms with Gasteiger partial charge in [-0.2, -0.15) is 0 Å². The molecule has 122 valence electrons. The predicted molar refractivity (Wildman–Crippen MR) is 91.0 cm³/mol. The van der Waals surface area contributed by atoms with Gasteiger partial charge in [-0.15, -0.1) is 0 Å². The van der Waals surface area contributed by atoms with Crippen molar-refractivity contribution in [3.05, 3.63) is 59.2 Å². The largest absolute Gasteiger partial charge is 0.496 e. The molecule has 0 saturated heterocycles. The lowest BCUT2D eigenvalue weighted by atomic mass is 10.1. The number of benzene rings is 2. The van der Waals surface area contributed by atoms with Crippen LogP contribution in [-0.2, 0) is 4.79 Å². The second-order valence-corrected chi connectivity index (χ2v) is 5.57. The Bertz CT molecular complexity index is 682. The number of ether oxygens (including phenoxy) is 2. The fourth-order valence-electron chi connectivity index (χ4n) is 2.34. The fourth-order valence-corrected chi connectivity index (χ4v) is 2.34. The molecular weight excluding hydrogens is 290 g/mol. The molecule has 2 aromatic rings. The molecule has 1 atom stereocenters. The summed E-state index contributed by atoms with van der Waals surface area (Å²) >= 11 is 0. The zero-order valence-electron chi connectivity index (χ0n) is 14.1. The van der Waals surface area contributed by atoms with Crippen molar-refractivity contribution in [1.82, 2.24) is 5.32 Å². The topological polar surface area (TPSA) is 47.6 Å². The summed E-state index contributed by atoms with van der Waals surface area (Å²) in [6, 6.07) is 13.3. The minimum Gasteiger partial charge on any atom is -0.496 e. The van der Waals surface area contributed by atoms with Gasteiger partial charge in [0.1, 0.15) is 11.5 Å². The summed E-state index contributed by atoms with van der Waals surface area (Å²) in [6.45, 7) is 5.97. The Kier molecular flexibility index (Phi) is 5.63. The molecule has 0 spiro atoms. The summed E-state index contributed by atoms with van der Waals surface area (Å²) in [6.07, 6.45) is 0. The lowest BCUT2D eigenvalue weighted by Crippen LogP contribution is -2.31. The summed E-state index contributed by atoms with van der Waals surface area (Å²) in [5, 5.41) is 2.92. The molecule has 1 amide bonds. The Labute approximate surface area is 137 Å². The van der Waals surface area contributed by atoms with Crippen molar-refractivity contribution in [2.45, 2.75) is 26.8 Å². The molecule has 1 N–H and O–H groups in total. The Hall–Kier alpha value is -2.49. The van der Waals surface area contributed by atoms with Crippen molar-refractivity contribution in [1.29, 1.82) is 0 Å². The maximum Gasteiger partial charge on any atom is 0.258 e. The van der Waals surface area contributed by atoms with Gasteiger partial charge >= 0.3 is 0 Å². The van der Waals surface area contributed by atoms with Crippen molar-refractivity contribution in [3.63, 3.8) is 0 Å². The van der Waals surface area contributed by atoms with Crippen LogP contribution in [0.1, 0.15) is 29.7 Å². The molecule has 2 aromatic carbocycles. The van der Waals surface area contributed by atoms with E-state index in [1.165, 1.54) is 5.56 Å². The third-order valence-electron chi connectivity index (χ3n) is 3.83. The first kappa shape index (κ1) is 16.9. The lowest BCUT2D eigenvalue weighted by Gasteiger charge is -2.17. The number of para-hydroxylation sites is 1. The molecule has 23 heavy (non-hydrogen) atoms. The standard InChI is InChI=1S/C19H23NO3/c1-13-9-10-16(11-14(13)2)23-12-19(21)20-15(3)17-7-5-6-8-18(17)22-4/h5-11,15H,12H2,1-4H3,(H,20,21)/t15-/m0/s1. The van der Waals surface area contributed by atoms with Gasteiger partial charge in [-0.05, 0) is 50.1 Å². The summed E-state index contributed by atoms with van der Waals surface area (Å²) in [5.74, 6) is 1.30. The highest BCUT2D eigenvalue weighted by molar-refractivity contribution is 5.78. The summed E-state index contributed by atoms with van der Waals surface area (Å²) in [5.41, 5.74) is 3.28. The van der Waals surface area contributed by atoms with Crippen molar-refractivity contribution in [3.8, 4) is 11.5 Å². The Morgan fingerprint density at radius 3 is 2.57 bits per heavy atom. The van der Waals surface area contributed by atoms with Gasteiger partial charge in [0.25, 0.3) is 5.91 Å². The van der Waals surface area contributed by atoms with Crippen molar-refractivity contribution in [2.75, 3.05) is 13.7 Å². The number of rotatable bonds is 6. The van der Waals surface area contributed by atoms with Crippen LogP contribution in [0.3, 0.4) is 0 Å². The average molecular weight is 313 g/mol. The molecule has 0 aromatic heterocycles. The third kappa shape index (κ3) is 4.49. The van der Waals surface area contributed by atoms with Crippen LogP contribution in [0, 0.1) is 13.8 Å². The number of nitrogens with one attached hydrogen (secondary N) is 1. The van der Waals surface area contributed by atoms with Crippen LogP contribution in [0.25, 0.3) is 0 Å². The van der Waals surface area contributed by atoms with E-state index < -0.39 is 0 Å². The average Bonchev–Trinajstić information content (AvgIpc) is 2.55. The second-order valence-electron chi connectivity index (χ2n) is 5.57. The molecule has 0 saturated carbocycles. The molecule has 0 bridgehead atoms. The zero-order chi connectivity index (χ0) is 16.8. The SMILES string of the molecule is COc1ccccc1[C@H](C)NC(=O)COc1ccc(C)c(C)c1. The highest BCUT2D eigenvalue weighted by Gasteiger charge is 2.14. The molecule has 0 aliphatic carbocycles. The van der Waals surface area contributed by atoms with Crippen LogP contribution in [0.15, 0.2) is 42.5 Å². The predicted octanol–water partition coefficient (Wildman–Crippen LogP) is 3.57. The van der Waals surface area contributed by atoms with Crippen LogP contribution in [-0.4, -0.2) is 19.6 Å². The van der Waals surface area contributed by atoms with E-state index in [-0.39, 0.29) is 18.6 Å². The molecule has 0 radical (unpaired) electrons. The summed E-state index contributed by atoms with van der Waals surface area (Å²) in [7, 11) is 1.62. The molecule has 2 rings (SSSR count). The van der Waals surface area contributed by atoms with Gasteiger partial charge in [-0.1, -0.05) is 24.3 Å². The number of methoxy groups -OCH3 is 1. The highest BCUT2D eigenvalue weighted by Crippen LogP contribution is 2.24. The van der Waals surface area contributed by atoms with Crippen LogP contribution < -0.4 is 14.8 Å². The van der Waals surface area contributed by atoms with Gasteiger partial charge in [0.05, 0.1) is 13.2 Å². The maximum absolute atomic E-state index is 12.1. The van der Waals surface area contributed by atoms with Crippen molar-refractivity contribution >= 4 is 5.91 Å². The maximum atomic E-state index is 12.1. The van der Waals surface area contributed by atoms with Gasteiger partial charge in [0, 0.05) is 5.56 Å². The van der Waals surface area contributed by atoms with Crippen molar-refractivity contribution < 1.29 is 14.3 Å². The molecule has 0 aliphatic rings. The summed E-state index contributed by atoms with van der Waals surface area (Å²) in [4.78, 5) is 12.1. The van der Waals surface area contributed by atoms with E-state index in [0.29, 0.717) is 5.75 Å². The fraction of sp³-hybridized carbons (Fsp3) is 0.316. The Balaban J connectivity index is 1.92. The van der Waals surface area contributed by atoms with E-state index in [1.54, 1.807) is 7.11 Å². The number of amides is 1. The smallest absolute Gasteiger partial charge is 0.258 e. The molecule has 0 fully saturated rings. The van der Waals surface area contributed by atoms with Crippen LogP contribution in [0.2, 0.25) is 0 Å². The van der Waals surface area contributed by atoms with Crippen LogP contribution in [0.5, 0.6) is 11.5 Å². The number of aryl methyl sites for hydroxylation is 2. The number of carbonyl (C=O) groups excluding carboxylic acids is 1. The highest BCUT2D eigenvalue weighted by atomic mass is 16.5. The first-order chi connectivity index (χ1) is 11.0. The van der Waals surface area contributed by atoms with E-state index >= 15 is 0 Å². The van der Waals surface area contributed by atoms with Gasteiger partial charge in [-0.25, -0.2) is 0 Å². The van der Waals surface area contributed by atoms with E-state index in [0.717, 1.165) is 16.9 Å². The molecule has 0 heterocycles. The first-order valence-electron chi connectivity index (χ1n) is 7.63. The quantitative estimate of drug-likeness (QED) is 0.887. The van der Waals surface area contributed by atoms with E-state index in [9.17, 15) is 4.79 Å². The molecule has 0 aliphatic heterocycles. The summed E-state index contributed by atoms with van der Waals surface area (Å²) < 4.78 is 10.9. The number of carbonyl (C=O) groups is 1. The monoisotopic (exact) mass is 313 g/mol. The number of hydrogen-bond acceptors (Lipinski definition) is 3. The first-order valence-corrected chi connectivity index (χ1v) is 7.63. The van der Waals surface area contributed by atoms with Crippen LogP contribution in [0.4, 0.5) is 0 Å². The molecule has 0 unspecified atom stereocenters. The van der Waals surface area contributed by atoms with Gasteiger partial charge in [0.2, 0.25) is 0 Å². The van der Waals surface area contributed by atoms with Gasteiger partial charge in [0.15, 0.2) is 6.61 Å². The normalized spacial score (nSPS) is 11.7. The number of hydrogen-bond donors (Lipinski definition) is 1. The Morgan fingerprint density at radius 1 is 1.13 bits per heavy atom. The lowest BCUT2D eigenvalue weighted by molar-refractivity contribution is -0.123. The van der Waals surface area contributed by atoms with E-state index in [1.807, 2.05) is 63.2 Å². The second kappa shape index (κ2) is 7.68. The minimum atomic E-state index is -0.165. The van der Waals surface area contributed by atoms with Gasteiger partial charge < -0.3 is 14.8 Å². The van der Waals surface area contributed by atoms with Gasteiger partial charge in [-0.3, -0.25) is 4.79 Å². The Morgan fingerprint density at radius 2 is 1.87 bits per heavy atom. The molecule has 4 heteroatoms.